The standard InChI is InChI=1S/C66H54N4/c1-7-10-14-24-46(5)69-63-39-35-54(44-61(63)68-66(69)50-29-19-13-20-30-50)53-33-37-57-59(43-53)65(49-27-17-12-18-28-49)56-36-32-52(42-58(56)64(57)48-25-15-11-16-26-48)51-34-38-62(45(4)41-51)70(55(9-3)23-8-2)47(6)60-31-21-22-40-67-60/h7-44H,1,6H2,2-5H3/b14-10-,23-8-,46-24+,55-9+. The van der Waals surface area contributed by atoms with Gasteiger partial charge in [0.25, 0.3) is 0 Å². The molecule has 10 rings (SSSR count). The number of hydrogen-bond donors (Lipinski definition) is 0. The Bertz CT molecular complexity index is 3700. The zero-order valence-corrected chi connectivity index (χ0v) is 40.1. The van der Waals surface area contributed by atoms with Gasteiger partial charge in [-0.2, -0.15) is 0 Å². The minimum absolute atomic E-state index is 0.814. The molecule has 0 saturated carbocycles. The summed E-state index contributed by atoms with van der Waals surface area (Å²) in [7, 11) is 0. The number of rotatable bonds is 13. The molecule has 0 unspecified atom stereocenters. The molecule has 0 aliphatic rings. The Labute approximate surface area is 411 Å². The van der Waals surface area contributed by atoms with Crippen molar-refractivity contribution in [2.24, 2.45) is 0 Å². The van der Waals surface area contributed by atoms with E-state index >= 15 is 0 Å². The third kappa shape index (κ3) is 8.52. The van der Waals surface area contributed by atoms with Gasteiger partial charge in [0, 0.05) is 28.8 Å². The fraction of sp³-hybridized carbons (Fsp3) is 0.0606. The molecule has 2 heterocycles. The van der Waals surface area contributed by atoms with Crippen molar-refractivity contribution in [1.29, 1.82) is 0 Å². The van der Waals surface area contributed by atoms with E-state index in [1.165, 1.54) is 43.8 Å². The second kappa shape index (κ2) is 19.8. The molecule has 338 valence electrons. The fourth-order valence-electron chi connectivity index (χ4n) is 9.81. The number of nitrogens with zero attached hydrogens (tertiary/aromatic N) is 4. The van der Waals surface area contributed by atoms with Crippen LogP contribution in [0.5, 0.6) is 0 Å². The molecule has 4 nitrogen and oxygen atoms in total. The minimum Gasteiger partial charge on any atom is -0.309 e. The van der Waals surface area contributed by atoms with Crippen LogP contribution in [-0.2, 0) is 0 Å². The van der Waals surface area contributed by atoms with Crippen molar-refractivity contribution >= 4 is 49.7 Å². The number of fused-ring (bicyclic) bond motifs is 3. The highest BCUT2D eigenvalue weighted by Crippen LogP contribution is 2.46. The first-order valence-electron chi connectivity index (χ1n) is 23.9. The third-order valence-corrected chi connectivity index (χ3v) is 13.1. The molecule has 0 aliphatic carbocycles. The summed E-state index contributed by atoms with van der Waals surface area (Å²) in [6, 6.07) is 65.5. The van der Waals surface area contributed by atoms with Crippen molar-refractivity contribution < 1.29 is 0 Å². The van der Waals surface area contributed by atoms with E-state index in [1.807, 2.05) is 49.5 Å². The number of allylic oxidation sites excluding steroid dienone is 8. The Morgan fingerprint density at radius 3 is 1.69 bits per heavy atom. The first-order valence-corrected chi connectivity index (χ1v) is 23.9. The van der Waals surface area contributed by atoms with Crippen LogP contribution in [-0.4, -0.2) is 14.5 Å². The lowest BCUT2D eigenvalue weighted by Gasteiger charge is -2.29. The number of aryl methyl sites for hydroxylation is 1. The maximum Gasteiger partial charge on any atom is 0.145 e. The lowest BCUT2D eigenvalue weighted by atomic mass is 9.84. The third-order valence-electron chi connectivity index (χ3n) is 13.1. The largest absolute Gasteiger partial charge is 0.309 e. The summed E-state index contributed by atoms with van der Waals surface area (Å²) in [6.45, 7) is 16.8. The van der Waals surface area contributed by atoms with E-state index in [9.17, 15) is 0 Å². The van der Waals surface area contributed by atoms with Crippen molar-refractivity contribution in [3.63, 3.8) is 0 Å². The molecule has 0 bridgehead atoms. The summed E-state index contributed by atoms with van der Waals surface area (Å²) in [6.07, 6.45) is 16.0. The first-order chi connectivity index (χ1) is 34.4. The lowest BCUT2D eigenvalue weighted by molar-refractivity contribution is 1.12. The van der Waals surface area contributed by atoms with E-state index in [1.54, 1.807) is 6.08 Å². The molecule has 10 aromatic rings. The van der Waals surface area contributed by atoms with Gasteiger partial charge in [-0.05, 0) is 160 Å². The Morgan fingerprint density at radius 1 is 0.571 bits per heavy atom. The van der Waals surface area contributed by atoms with E-state index < -0.39 is 0 Å². The normalized spacial score (nSPS) is 12.2. The van der Waals surface area contributed by atoms with Gasteiger partial charge < -0.3 is 4.90 Å². The molecule has 0 atom stereocenters. The van der Waals surface area contributed by atoms with Gasteiger partial charge in [-0.1, -0.05) is 177 Å². The zero-order chi connectivity index (χ0) is 48.1. The van der Waals surface area contributed by atoms with Crippen LogP contribution in [0.25, 0.3) is 99.9 Å². The van der Waals surface area contributed by atoms with Gasteiger partial charge in [-0.15, -0.1) is 0 Å². The van der Waals surface area contributed by atoms with Gasteiger partial charge in [0.15, 0.2) is 0 Å². The minimum atomic E-state index is 0.814. The molecule has 4 heteroatoms. The van der Waals surface area contributed by atoms with E-state index in [0.29, 0.717) is 0 Å². The van der Waals surface area contributed by atoms with Gasteiger partial charge >= 0.3 is 0 Å². The van der Waals surface area contributed by atoms with E-state index in [4.69, 9.17) is 4.98 Å². The van der Waals surface area contributed by atoms with Crippen LogP contribution in [0.4, 0.5) is 5.69 Å². The average Bonchev–Trinajstić information content (AvgIpc) is 3.80. The molecule has 0 aliphatic heterocycles. The zero-order valence-electron chi connectivity index (χ0n) is 40.1. The lowest BCUT2D eigenvalue weighted by Crippen LogP contribution is -2.21. The Balaban J connectivity index is 1.15. The summed E-state index contributed by atoms with van der Waals surface area (Å²) in [4.78, 5) is 12.2. The SMILES string of the molecule is C=C/C=C\C=C(/C)n1c(-c2ccccc2)nc2cc(-c3ccc4c(-c5ccccc5)c5cc(-c6ccc(N(C(=C)c7ccccn7)C(/C=C\C)=C/C)c(C)c6)ccc5c(-c5ccccc5)c4c3)ccc21. The van der Waals surface area contributed by atoms with Gasteiger partial charge in [-0.25, -0.2) is 4.98 Å². The highest BCUT2D eigenvalue weighted by Gasteiger charge is 2.22. The van der Waals surface area contributed by atoms with Crippen LogP contribution < -0.4 is 4.90 Å². The predicted molar refractivity (Wildman–Crippen MR) is 300 cm³/mol. The Hall–Kier alpha value is -8.86. The van der Waals surface area contributed by atoms with Gasteiger partial charge in [-0.3, -0.25) is 9.55 Å². The van der Waals surface area contributed by atoms with E-state index in [-0.39, 0.29) is 0 Å². The van der Waals surface area contributed by atoms with Gasteiger partial charge in [0.2, 0.25) is 0 Å². The maximum atomic E-state index is 5.30. The van der Waals surface area contributed by atoms with Crippen LogP contribution in [0.1, 0.15) is 32.0 Å². The number of hydrogen-bond acceptors (Lipinski definition) is 3. The molecule has 0 N–H and O–H groups in total. The van der Waals surface area contributed by atoms with Crippen LogP contribution in [0.3, 0.4) is 0 Å². The van der Waals surface area contributed by atoms with E-state index in [0.717, 1.165) is 78.7 Å². The Morgan fingerprint density at radius 2 is 1.13 bits per heavy atom. The van der Waals surface area contributed by atoms with Gasteiger partial charge in [0.1, 0.15) is 5.82 Å². The maximum absolute atomic E-state index is 5.30. The van der Waals surface area contributed by atoms with E-state index in [2.05, 4.69) is 230 Å². The summed E-state index contributed by atoms with van der Waals surface area (Å²) in [5, 5.41) is 4.79. The molecule has 2 aromatic heterocycles. The van der Waals surface area contributed by atoms with Crippen molar-refractivity contribution in [3.05, 3.63) is 261 Å². The molecule has 70 heavy (non-hydrogen) atoms. The van der Waals surface area contributed by atoms with Crippen LogP contribution in [0, 0.1) is 6.92 Å². The smallest absolute Gasteiger partial charge is 0.145 e. The summed E-state index contributed by atoms with van der Waals surface area (Å²) >= 11 is 0. The second-order valence-electron chi connectivity index (χ2n) is 17.5. The summed E-state index contributed by atoms with van der Waals surface area (Å²) in [5.41, 5.74) is 18.3. The van der Waals surface area contributed by atoms with Crippen molar-refractivity contribution in [3.8, 4) is 55.9 Å². The molecular formula is C66H54N4. The van der Waals surface area contributed by atoms with Crippen LogP contribution >= 0.6 is 0 Å². The predicted octanol–water partition coefficient (Wildman–Crippen LogP) is 17.9. The quantitative estimate of drug-likeness (QED) is 0.0854. The first kappa shape index (κ1) is 44.9. The van der Waals surface area contributed by atoms with Crippen molar-refractivity contribution in [2.45, 2.75) is 27.7 Å². The molecule has 0 fully saturated rings. The summed E-state index contributed by atoms with van der Waals surface area (Å²) < 4.78 is 2.25. The highest BCUT2D eigenvalue weighted by atomic mass is 15.2. The van der Waals surface area contributed by atoms with Crippen molar-refractivity contribution in [1.82, 2.24) is 14.5 Å². The van der Waals surface area contributed by atoms with Crippen molar-refractivity contribution in [2.75, 3.05) is 4.90 Å². The monoisotopic (exact) mass is 902 g/mol. The van der Waals surface area contributed by atoms with Crippen LogP contribution in [0.2, 0.25) is 0 Å². The molecule has 0 saturated heterocycles. The number of pyridine rings is 1. The fourth-order valence-corrected chi connectivity index (χ4v) is 9.81. The number of aromatic nitrogens is 3. The molecule has 8 aromatic carbocycles. The molecule has 0 radical (unpaired) electrons. The molecule has 0 amide bonds. The van der Waals surface area contributed by atoms with Gasteiger partial charge in [0.05, 0.1) is 22.4 Å². The average molecular weight is 903 g/mol. The van der Waals surface area contributed by atoms with Crippen LogP contribution in [0.15, 0.2) is 250 Å². The Kier molecular flexibility index (Phi) is 12.7. The number of benzene rings is 8. The number of imidazole rings is 1. The topological polar surface area (TPSA) is 34.0 Å². The molecule has 0 spiro atoms. The molecular weight excluding hydrogens is 849 g/mol. The highest BCUT2D eigenvalue weighted by molar-refractivity contribution is 6.22. The second-order valence-corrected chi connectivity index (χ2v) is 17.5. The summed E-state index contributed by atoms with van der Waals surface area (Å²) in [5.74, 6) is 0.906. The number of anilines is 1.